The van der Waals surface area contributed by atoms with Crippen LogP contribution in [-0.4, -0.2) is 16.9 Å². The van der Waals surface area contributed by atoms with Gasteiger partial charge >= 0.3 is 0 Å². The van der Waals surface area contributed by atoms with Gasteiger partial charge in [0.2, 0.25) is 0 Å². The second-order valence-electron chi connectivity index (χ2n) is 4.78. The SMILES string of the molecule is COc1cccc(-c2ccc(-n3ncc(CCl)c3Br)cc2)c1. The molecule has 0 atom stereocenters. The van der Waals surface area contributed by atoms with Gasteiger partial charge in [-0.2, -0.15) is 5.10 Å². The van der Waals surface area contributed by atoms with Crippen molar-refractivity contribution in [2.75, 3.05) is 7.11 Å². The Balaban J connectivity index is 1.93. The third kappa shape index (κ3) is 2.89. The predicted octanol–water partition coefficient (Wildman–Crippen LogP) is 5.05. The Hall–Kier alpha value is -1.78. The van der Waals surface area contributed by atoms with Crippen molar-refractivity contribution in [3.8, 4) is 22.6 Å². The lowest BCUT2D eigenvalue weighted by atomic mass is 10.1. The standard InChI is InChI=1S/C17H14BrClN2O/c1-22-16-4-2-3-13(9-16)12-5-7-15(8-6-12)21-17(18)14(10-19)11-20-21/h2-9,11H,10H2,1H3. The van der Waals surface area contributed by atoms with Crippen LogP contribution in [0.15, 0.2) is 59.3 Å². The zero-order chi connectivity index (χ0) is 15.5. The first-order valence-corrected chi connectivity index (χ1v) is 8.09. The third-order valence-corrected chi connectivity index (χ3v) is 4.57. The van der Waals surface area contributed by atoms with Crippen molar-refractivity contribution >= 4 is 27.5 Å². The molecular weight excluding hydrogens is 364 g/mol. The highest BCUT2D eigenvalue weighted by molar-refractivity contribution is 9.10. The average molecular weight is 378 g/mol. The van der Waals surface area contributed by atoms with Crippen LogP contribution in [0.1, 0.15) is 5.56 Å². The number of halogens is 2. The van der Waals surface area contributed by atoms with E-state index >= 15 is 0 Å². The van der Waals surface area contributed by atoms with Gasteiger partial charge in [-0.15, -0.1) is 11.6 Å². The molecule has 0 fully saturated rings. The van der Waals surface area contributed by atoms with E-state index < -0.39 is 0 Å². The smallest absolute Gasteiger partial charge is 0.119 e. The van der Waals surface area contributed by atoms with Gasteiger partial charge in [-0.25, -0.2) is 4.68 Å². The van der Waals surface area contributed by atoms with E-state index in [-0.39, 0.29) is 0 Å². The van der Waals surface area contributed by atoms with Gasteiger partial charge in [0.1, 0.15) is 10.4 Å². The van der Waals surface area contributed by atoms with E-state index in [1.54, 1.807) is 13.3 Å². The molecule has 2 aromatic carbocycles. The lowest BCUT2D eigenvalue weighted by Gasteiger charge is -2.07. The summed E-state index contributed by atoms with van der Waals surface area (Å²) in [6.45, 7) is 0. The maximum absolute atomic E-state index is 5.87. The number of rotatable bonds is 4. The van der Waals surface area contributed by atoms with Gasteiger partial charge in [0.25, 0.3) is 0 Å². The first kappa shape index (κ1) is 15.1. The Morgan fingerprint density at radius 2 is 1.91 bits per heavy atom. The molecule has 1 aromatic heterocycles. The zero-order valence-electron chi connectivity index (χ0n) is 12.0. The summed E-state index contributed by atoms with van der Waals surface area (Å²) in [5, 5.41) is 4.35. The summed E-state index contributed by atoms with van der Waals surface area (Å²) in [6.07, 6.45) is 1.77. The molecule has 0 saturated carbocycles. The van der Waals surface area contributed by atoms with E-state index in [2.05, 4.69) is 39.2 Å². The minimum atomic E-state index is 0.433. The van der Waals surface area contributed by atoms with E-state index in [9.17, 15) is 0 Å². The number of ether oxygens (including phenoxy) is 1. The van der Waals surface area contributed by atoms with Crippen molar-refractivity contribution in [1.82, 2.24) is 9.78 Å². The van der Waals surface area contributed by atoms with E-state index in [0.717, 1.165) is 32.7 Å². The van der Waals surface area contributed by atoms with Crippen LogP contribution in [0.25, 0.3) is 16.8 Å². The van der Waals surface area contributed by atoms with Crippen molar-refractivity contribution in [3.63, 3.8) is 0 Å². The van der Waals surface area contributed by atoms with Crippen LogP contribution in [0.4, 0.5) is 0 Å². The highest BCUT2D eigenvalue weighted by Gasteiger charge is 2.09. The van der Waals surface area contributed by atoms with Crippen molar-refractivity contribution < 1.29 is 4.74 Å². The number of methoxy groups -OCH3 is 1. The Morgan fingerprint density at radius 1 is 1.14 bits per heavy atom. The second-order valence-corrected chi connectivity index (χ2v) is 5.80. The first-order valence-electron chi connectivity index (χ1n) is 6.76. The maximum Gasteiger partial charge on any atom is 0.119 e. The molecule has 0 aliphatic carbocycles. The predicted molar refractivity (Wildman–Crippen MR) is 92.8 cm³/mol. The summed E-state index contributed by atoms with van der Waals surface area (Å²) in [5.41, 5.74) is 4.20. The molecule has 0 N–H and O–H groups in total. The lowest BCUT2D eigenvalue weighted by Crippen LogP contribution is -1.96. The molecular formula is C17H14BrClN2O. The molecule has 0 aliphatic heterocycles. The fourth-order valence-electron chi connectivity index (χ4n) is 2.23. The topological polar surface area (TPSA) is 27.1 Å². The summed E-state index contributed by atoms with van der Waals surface area (Å²) in [6, 6.07) is 16.2. The number of alkyl halides is 1. The van der Waals surface area contributed by atoms with Crippen LogP contribution in [0, 0.1) is 0 Å². The second kappa shape index (κ2) is 6.55. The molecule has 0 unspecified atom stereocenters. The fourth-order valence-corrected chi connectivity index (χ4v) is 3.13. The van der Waals surface area contributed by atoms with Gasteiger partial charge in [0.05, 0.1) is 24.9 Å². The highest BCUT2D eigenvalue weighted by Crippen LogP contribution is 2.26. The van der Waals surface area contributed by atoms with E-state index in [4.69, 9.17) is 16.3 Å². The third-order valence-electron chi connectivity index (χ3n) is 3.44. The van der Waals surface area contributed by atoms with Gasteiger partial charge < -0.3 is 4.74 Å². The van der Waals surface area contributed by atoms with Crippen molar-refractivity contribution in [2.24, 2.45) is 0 Å². The van der Waals surface area contributed by atoms with Crippen LogP contribution in [0.5, 0.6) is 5.75 Å². The van der Waals surface area contributed by atoms with Crippen molar-refractivity contribution in [1.29, 1.82) is 0 Å². The minimum absolute atomic E-state index is 0.433. The molecule has 0 amide bonds. The molecule has 0 aliphatic rings. The van der Waals surface area contributed by atoms with Gasteiger partial charge in [-0.3, -0.25) is 0 Å². The Bertz CT molecular complexity index is 784. The van der Waals surface area contributed by atoms with E-state index in [1.807, 2.05) is 35.0 Å². The lowest BCUT2D eigenvalue weighted by molar-refractivity contribution is 0.415. The molecule has 0 spiro atoms. The van der Waals surface area contributed by atoms with Crippen LogP contribution in [0.3, 0.4) is 0 Å². The summed E-state index contributed by atoms with van der Waals surface area (Å²) < 4.78 is 7.98. The molecule has 0 bridgehead atoms. The molecule has 22 heavy (non-hydrogen) atoms. The largest absolute Gasteiger partial charge is 0.497 e. The first-order chi connectivity index (χ1) is 10.7. The quantitative estimate of drug-likeness (QED) is 0.595. The minimum Gasteiger partial charge on any atom is -0.497 e. The van der Waals surface area contributed by atoms with Crippen molar-refractivity contribution in [2.45, 2.75) is 5.88 Å². The number of aromatic nitrogens is 2. The summed E-state index contributed by atoms with van der Waals surface area (Å²) in [4.78, 5) is 0. The van der Waals surface area contributed by atoms with Gasteiger partial charge in [-0.05, 0) is 51.3 Å². The summed E-state index contributed by atoms with van der Waals surface area (Å²) in [5.74, 6) is 1.28. The Morgan fingerprint density at radius 3 is 2.55 bits per heavy atom. The molecule has 5 heteroatoms. The van der Waals surface area contributed by atoms with E-state index in [0.29, 0.717) is 5.88 Å². The molecule has 3 nitrogen and oxygen atoms in total. The van der Waals surface area contributed by atoms with Crippen molar-refractivity contribution in [3.05, 3.63) is 64.9 Å². The molecule has 112 valence electrons. The number of hydrogen-bond donors (Lipinski definition) is 0. The monoisotopic (exact) mass is 376 g/mol. The fraction of sp³-hybridized carbons (Fsp3) is 0.118. The molecule has 3 rings (SSSR count). The van der Waals surface area contributed by atoms with Crippen LogP contribution in [-0.2, 0) is 5.88 Å². The number of nitrogens with zero attached hydrogens (tertiary/aromatic N) is 2. The van der Waals surface area contributed by atoms with Gasteiger partial charge in [-0.1, -0.05) is 24.3 Å². The molecule has 1 heterocycles. The van der Waals surface area contributed by atoms with Crippen LogP contribution >= 0.6 is 27.5 Å². The summed E-state index contributed by atoms with van der Waals surface area (Å²) >= 11 is 9.40. The van der Waals surface area contributed by atoms with Crippen LogP contribution in [0.2, 0.25) is 0 Å². The molecule has 0 saturated heterocycles. The normalized spacial score (nSPS) is 10.7. The van der Waals surface area contributed by atoms with Gasteiger partial charge in [0.15, 0.2) is 0 Å². The molecule has 3 aromatic rings. The average Bonchev–Trinajstić information content (AvgIpc) is 2.96. The maximum atomic E-state index is 5.87. The molecule has 0 radical (unpaired) electrons. The Kier molecular flexibility index (Phi) is 4.50. The number of hydrogen-bond acceptors (Lipinski definition) is 2. The van der Waals surface area contributed by atoms with Gasteiger partial charge in [0, 0.05) is 5.56 Å². The highest BCUT2D eigenvalue weighted by atomic mass is 79.9. The Labute approximate surface area is 142 Å². The van der Waals surface area contributed by atoms with Crippen LogP contribution < -0.4 is 4.74 Å². The summed E-state index contributed by atoms with van der Waals surface area (Å²) in [7, 11) is 1.67. The van der Waals surface area contributed by atoms with E-state index in [1.165, 1.54) is 0 Å². The number of benzene rings is 2. The zero-order valence-corrected chi connectivity index (χ0v) is 14.3.